The molecule has 0 saturated carbocycles. The van der Waals surface area contributed by atoms with Crippen molar-refractivity contribution in [2.45, 2.75) is 40.5 Å². The van der Waals surface area contributed by atoms with Gasteiger partial charge in [-0.3, -0.25) is 4.79 Å². The summed E-state index contributed by atoms with van der Waals surface area (Å²) < 4.78 is 0. The normalized spacial score (nSPS) is 10.9. The maximum Gasteiger partial charge on any atom is 0.209 e. The van der Waals surface area contributed by atoms with E-state index >= 15 is 0 Å². The second kappa shape index (κ2) is 6.93. The SMILES string of the molecule is CC(C)CCN(C=O)CCC(C)C. The maximum atomic E-state index is 10.7. The summed E-state index contributed by atoms with van der Waals surface area (Å²) in [6.45, 7) is 10.6. The summed E-state index contributed by atoms with van der Waals surface area (Å²) in [4.78, 5) is 12.5. The van der Waals surface area contributed by atoms with E-state index in [1.807, 2.05) is 4.90 Å². The molecule has 2 nitrogen and oxygen atoms in total. The third-order valence-electron chi connectivity index (χ3n) is 2.14. The minimum Gasteiger partial charge on any atom is -0.345 e. The molecule has 0 aliphatic rings. The van der Waals surface area contributed by atoms with Crippen LogP contribution in [0, 0.1) is 11.8 Å². The highest BCUT2D eigenvalue weighted by atomic mass is 16.1. The predicted octanol–water partition coefficient (Wildman–Crippen LogP) is 2.54. The lowest BCUT2D eigenvalue weighted by atomic mass is 10.1. The Kier molecular flexibility index (Phi) is 6.65. The van der Waals surface area contributed by atoms with Gasteiger partial charge in [0.2, 0.25) is 6.41 Å². The van der Waals surface area contributed by atoms with Gasteiger partial charge in [0.25, 0.3) is 0 Å². The molecule has 0 unspecified atom stereocenters. The summed E-state index contributed by atoms with van der Waals surface area (Å²) in [5.74, 6) is 1.36. The van der Waals surface area contributed by atoms with Crippen molar-refractivity contribution in [3.8, 4) is 0 Å². The van der Waals surface area contributed by atoms with Gasteiger partial charge in [0, 0.05) is 13.1 Å². The first-order valence-electron chi connectivity index (χ1n) is 5.25. The van der Waals surface area contributed by atoms with Gasteiger partial charge in [-0.05, 0) is 24.7 Å². The Bertz CT molecular complexity index is 120. The fraction of sp³-hybridized carbons (Fsp3) is 0.909. The molecule has 0 atom stereocenters. The molecule has 78 valence electrons. The molecule has 0 aliphatic heterocycles. The molecule has 0 rings (SSSR count). The van der Waals surface area contributed by atoms with Crippen molar-refractivity contribution in [3.63, 3.8) is 0 Å². The van der Waals surface area contributed by atoms with Gasteiger partial charge in [-0.2, -0.15) is 0 Å². The number of nitrogens with zero attached hydrogens (tertiary/aromatic N) is 1. The Hall–Kier alpha value is -0.530. The molecular formula is C11H23NO. The molecule has 0 heterocycles. The lowest BCUT2D eigenvalue weighted by Gasteiger charge is -2.19. The molecule has 13 heavy (non-hydrogen) atoms. The van der Waals surface area contributed by atoms with Crippen LogP contribution < -0.4 is 0 Å². The average molecular weight is 185 g/mol. The zero-order chi connectivity index (χ0) is 10.3. The van der Waals surface area contributed by atoms with Gasteiger partial charge in [-0.15, -0.1) is 0 Å². The first kappa shape index (κ1) is 12.5. The highest BCUT2D eigenvalue weighted by molar-refractivity contribution is 5.46. The average Bonchev–Trinajstić information content (AvgIpc) is 2.04. The van der Waals surface area contributed by atoms with Crippen LogP contribution in [0.5, 0.6) is 0 Å². The topological polar surface area (TPSA) is 20.3 Å². The van der Waals surface area contributed by atoms with Gasteiger partial charge < -0.3 is 4.90 Å². The second-order valence-corrected chi connectivity index (χ2v) is 4.51. The zero-order valence-electron chi connectivity index (χ0n) is 9.42. The molecule has 0 fully saturated rings. The summed E-state index contributed by atoms with van der Waals surface area (Å²) in [7, 11) is 0. The number of amides is 1. The van der Waals surface area contributed by atoms with E-state index in [1.54, 1.807) is 0 Å². The van der Waals surface area contributed by atoms with Gasteiger partial charge in [-0.25, -0.2) is 0 Å². The Labute approximate surface area is 82.3 Å². The molecular weight excluding hydrogens is 162 g/mol. The van der Waals surface area contributed by atoms with Crippen LogP contribution in [0.2, 0.25) is 0 Å². The highest BCUT2D eigenvalue weighted by Crippen LogP contribution is 2.04. The first-order valence-corrected chi connectivity index (χ1v) is 5.25. The van der Waals surface area contributed by atoms with Crippen molar-refractivity contribution in [1.82, 2.24) is 4.90 Å². The molecule has 0 aromatic rings. The predicted molar refractivity (Wildman–Crippen MR) is 56.5 cm³/mol. The molecule has 0 radical (unpaired) electrons. The van der Waals surface area contributed by atoms with E-state index in [-0.39, 0.29) is 0 Å². The largest absolute Gasteiger partial charge is 0.345 e. The number of carbonyl (C=O) groups excluding carboxylic acids is 1. The Morgan fingerprint density at radius 2 is 1.38 bits per heavy atom. The number of carbonyl (C=O) groups is 1. The first-order chi connectivity index (χ1) is 6.06. The summed E-state index contributed by atoms with van der Waals surface area (Å²) in [6.07, 6.45) is 3.19. The van der Waals surface area contributed by atoms with E-state index in [0.717, 1.165) is 32.3 Å². The third-order valence-corrected chi connectivity index (χ3v) is 2.14. The molecule has 1 amide bonds. The lowest BCUT2D eigenvalue weighted by molar-refractivity contribution is -0.118. The van der Waals surface area contributed by atoms with Gasteiger partial charge in [0.15, 0.2) is 0 Å². The molecule has 0 aromatic carbocycles. The third kappa shape index (κ3) is 7.82. The van der Waals surface area contributed by atoms with Crippen LogP contribution in [-0.2, 0) is 4.79 Å². The van der Waals surface area contributed by atoms with Crippen molar-refractivity contribution in [2.24, 2.45) is 11.8 Å². The fourth-order valence-corrected chi connectivity index (χ4v) is 1.07. The van der Waals surface area contributed by atoms with E-state index in [2.05, 4.69) is 27.7 Å². The molecule has 2 heteroatoms. The van der Waals surface area contributed by atoms with Crippen LogP contribution in [0.15, 0.2) is 0 Å². The summed E-state index contributed by atoms with van der Waals surface area (Å²) in [5, 5.41) is 0. The molecule has 0 bridgehead atoms. The van der Waals surface area contributed by atoms with Gasteiger partial charge in [-0.1, -0.05) is 27.7 Å². The van der Waals surface area contributed by atoms with Crippen molar-refractivity contribution < 1.29 is 4.79 Å². The van der Waals surface area contributed by atoms with Crippen LogP contribution >= 0.6 is 0 Å². The monoisotopic (exact) mass is 185 g/mol. The maximum absolute atomic E-state index is 10.7. The van der Waals surface area contributed by atoms with Crippen LogP contribution in [0.4, 0.5) is 0 Å². The number of rotatable bonds is 7. The van der Waals surface area contributed by atoms with Crippen LogP contribution in [0.1, 0.15) is 40.5 Å². The Morgan fingerprint density at radius 1 is 1.00 bits per heavy atom. The molecule has 0 spiro atoms. The number of hydrogen-bond acceptors (Lipinski definition) is 1. The van der Waals surface area contributed by atoms with Gasteiger partial charge >= 0.3 is 0 Å². The quantitative estimate of drug-likeness (QED) is 0.558. The fourth-order valence-electron chi connectivity index (χ4n) is 1.07. The van der Waals surface area contributed by atoms with E-state index in [0.29, 0.717) is 11.8 Å². The van der Waals surface area contributed by atoms with E-state index < -0.39 is 0 Å². The van der Waals surface area contributed by atoms with Gasteiger partial charge in [0.05, 0.1) is 0 Å². The Balaban J connectivity index is 3.57. The molecule has 0 N–H and O–H groups in total. The zero-order valence-corrected chi connectivity index (χ0v) is 9.42. The van der Waals surface area contributed by atoms with Crippen molar-refractivity contribution in [2.75, 3.05) is 13.1 Å². The molecule has 0 aromatic heterocycles. The smallest absolute Gasteiger partial charge is 0.209 e. The standard InChI is InChI=1S/C11H23NO/c1-10(2)5-7-12(9-13)8-6-11(3)4/h9-11H,5-8H2,1-4H3. The summed E-state index contributed by atoms with van der Waals surface area (Å²) >= 11 is 0. The number of hydrogen-bond donors (Lipinski definition) is 0. The summed E-state index contributed by atoms with van der Waals surface area (Å²) in [5.41, 5.74) is 0. The van der Waals surface area contributed by atoms with Crippen molar-refractivity contribution in [1.29, 1.82) is 0 Å². The van der Waals surface area contributed by atoms with E-state index in [1.165, 1.54) is 0 Å². The Morgan fingerprint density at radius 3 is 1.62 bits per heavy atom. The second-order valence-electron chi connectivity index (χ2n) is 4.51. The highest BCUT2D eigenvalue weighted by Gasteiger charge is 2.03. The van der Waals surface area contributed by atoms with Crippen molar-refractivity contribution in [3.05, 3.63) is 0 Å². The minimum atomic E-state index is 0.682. The van der Waals surface area contributed by atoms with Crippen molar-refractivity contribution >= 4 is 6.41 Å². The minimum absolute atomic E-state index is 0.682. The van der Waals surface area contributed by atoms with Crippen LogP contribution in [-0.4, -0.2) is 24.4 Å². The lowest BCUT2D eigenvalue weighted by Crippen LogP contribution is -2.26. The van der Waals surface area contributed by atoms with E-state index in [9.17, 15) is 4.79 Å². The van der Waals surface area contributed by atoms with Gasteiger partial charge in [0.1, 0.15) is 0 Å². The molecule has 0 saturated heterocycles. The molecule has 0 aliphatic carbocycles. The van der Waals surface area contributed by atoms with E-state index in [4.69, 9.17) is 0 Å². The van der Waals surface area contributed by atoms with Crippen LogP contribution in [0.25, 0.3) is 0 Å². The summed E-state index contributed by atoms with van der Waals surface area (Å²) in [6, 6.07) is 0. The van der Waals surface area contributed by atoms with Crippen LogP contribution in [0.3, 0.4) is 0 Å².